The van der Waals surface area contributed by atoms with Gasteiger partial charge in [-0.15, -0.1) is 0 Å². The van der Waals surface area contributed by atoms with Crippen LogP contribution in [-0.4, -0.2) is 30.7 Å². The third-order valence-corrected chi connectivity index (χ3v) is 3.97. The fourth-order valence-corrected chi connectivity index (χ4v) is 3.01. The molecule has 2 atom stereocenters. The first-order chi connectivity index (χ1) is 9.20. The summed E-state index contributed by atoms with van der Waals surface area (Å²) >= 11 is 0. The highest BCUT2D eigenvalue weighted by molar-refractivity contribution is 5.74. The van der Waals surface area contributed by atoms with Crippen molar-refractivity contribution in [1.82, 2.24) is 4.90 Å². The number of amides is 1. The average Bonchev–Trinajstić information content (AvgIpc) is 3.03. The number of hydrogen-bond donors (Lipinski definition) is 1. The molecule has 0 aromatic heterocycles. The monoisotopic (exact) mass is 262 g/mol. The van der Waals surface area contributed by atoms with Crippen LogP contribution in [0.1, 0.15) is 24.9 Å². The number of carbonyl (C=O) groups excluding carboxylic acids is 1. The minimum absolute atomic E-state index is 0.0528. The van der Waals surface area contributed by atoms with Gasteiger partial charge in [-0.1, -0.05) is 6.07 Å². The molecule has 2 N–H and O–H groups in total. The number of fused-ring (bicyclic) bond motifs is 1. The van der Waals surface area contributed by atoms with Crippen LogP contribution in [0, 0.1) is 5.92 Å². The molecule has 0 saturated carbocycles. The minimum atomic E-state index is 0.0528. The van der Waals surface area contributed by atoms with E-state index in [2.05, 4.69) is 0 Å². The third kappa shape index (κ3) is 2.04. The molecule has 1 aromatic carbocycles. The maximum Gasteiger partial charge on any atom is 0.231 e. The van der Waals surface area contributed by atoms with Crippen molar-refractivity contribution < 1.29 is 14.3 Å². The average molecular weight is 262 g/mol. The van der Waals surface area contributed by atoms with Gasteiger partial charge in [0.05, 0.1) is 6.04 Å². The summed E-state index contributed by atoms with van der Waals surface area (Å²) in [5.41, 5.74) is 6.92. The number of benzene rings is 1. The lowest BCUT2D eigenvalue weighted by atomic mass is 9.93. The lowest BCUT2D eigenvalue weighted by Crippen LogP contribution is -2.31. The molecule has 1 aromatic rings. The van der Waals surface area contributed by atoms with Gasteiger partial charge < -0.3 is 20.1 Å². The molecule has 0 bridgehead atoms. The number of likely N-dealkylation sites (tertiary alicyclic amines) is 1. The van der Waals surface area contributed by atoms with E-state index in [1.54, 1.807) is 6.92 Å². The summed E-state index contributed by atoms with van der Waals surface area (Å²) in [5, 5.41) is 0. The second kappa shape index (κ2) is 4.74. The Morgan fingerprint density at radius 3 is 2.95 bits per heavy atom. The Bertz CT molecular complexity index is 503. The molecule has 5 heteroatoms. The molecule has 2 heterocycles. The van der Waals surface area contributed by atoms with Crippen LogP contribution in [0.25, 0.3) is 0 Å². The van der Waals surface area contributed by atoms with E-state index in [1.165, 1.54) is 0 Å². The fraction of sp³-hybridized carbons (Fsp3) is 0.500. The molecule has 2 aliphatic heterocycles. The van der Waals surface area contributed by atoms with Crippen molar-refractivity contribution in [2.24, 2.45) is 11.7 Å². The molecule has 3 rings (SSSR count). The highest BCUT2D eigenvalue weighted by Gasteiger charge is 2.36. The molecule has 1 amide bonds. The molecular formula is C14H18N2O3. The molecule has 0 radical (unpaired) electrons. The summed E-state index contributed by atoms with van der Waals surface area (Å²) in [7, 11) is 0. The van der Waals surface area contributed by atoms with Crippen molar-refractivity contribution in [3.05, 3.63) is 23.8 Å². The molecule has 1 saturated heterocycles. The van der Waals surface area contributed by atoms with E-state index in [0.29, 0.717) is 12.5 Å². The second-order valence-corrected chi connectivity index (χ2v) is 5.05. The van der Waals surface area contributed by atoms with E-state index in [-0.39, 0.29) is 18.7 Å². The summed E-state index contributed by atoms with van der Waals surface area (Å²) in [6, 6.07) is 5.93. The number of hydrogen-bond acceptors (Lipinski definition) is 4. The Morgan fingerprint density at radius 1 is 1.42 bits per heavy atom. The zero-order chi connectivity index (χ0) is 13.4. The van der Waals surface area contributed by atoms with Gasteiger partial charge in [0.15, 0.2) is 11.5 Å². The first-order valence-corrected chi connectivity index (χ1v) is 6.57. The van der Waals surface area contributed by atoms with Crippen LogP contribution in [-0.2, 0) is 4.79 Å². The summed E-state index contributed by atoms with van der Waals surface area (Å²) in [5.74, 6) is 1.92. The third-order valence-electron chi connectivity index (χ3n) is 3.97. The van der Waals surface area contributed by atoms with Crippen molar-refractivity contribution in [1.29, 1.82) is 0 Å². The molecular weight excluding hydrogens is 244 g/mol. The Balaban J connectivity index is 1.95. The predicted octanol–water partition coefficient (Wildman–Crippen LogP) is 1.28. The number of carbonyl (C=O) groups is 1. The Hall–Kier alpha value is -1.75. The minimum Gasteiger partial charge on any atom is -0.454 e. The molecule has 5 nitrogen and oxygen atoms in total. The van der Waals surface area contributed by atoms with E-state index in [9.17, 15) is 4.79 Å². The van der Waals surface area contributed by atoms with Gasteiger partial charge in [0, 0.05) is 13.5 Å². The molecule has 19 heavy (non-hydrogen) atoms. The van der Waals surface area contributed by atoms with Crippen LogP contribution >= 0.6 is 0 Å². The van der Waals surface area contributed by atoms with E-state index in [0.717, 1.165) is 30.0 Å². The van der Waals surface area contributed by atoms with Crippen molar-refractivity contribution in [2.45, 2.75) is 19.4 Å². The first-order valence-electron chi connectivity index (χ1n) is 6.57. The van der Waals surface area contributed by atoms with Gasteiger partial charge in [-0.2, -0.15) is 0 Å². The van der Waals surface area contributed by atoms with Gasteiger partial charge in [-0.25, -0.2) is 0 Å². The van der Waals surface area contributed by atoms with Crippen LogP contribution in [0.15, 0.2) is 18.2 Å². The Morgan fingerprint density at radius 2 is 2.21 bits per heavy atom. The van der Waals surface area contributed by atoms with Crippen molar-refractivity contribution in [2.75, 3.05) is 19.9 Å². The fourth-order valence-electron chi connectivity index (χ4n) is 3.01. The summed E-state index contributed by atoms with van der Waals surface area (Å²) in [4.78, 5) is 13.7. The largest absolute Gasteiger partial charge is 0.454 e. The normalized spacial score (nSPS) is 24.8. The van der Waals surface area contributed by atoms with Gasteiger partial charge in [0.2, 0.25) is 12.7 Å². The van der Waals surface area contributed by atoms with E-state index < -0.39 is 0 Å². The van der Waals surface area contributed by atoms with Crippen LogP contribution in [0.2, 0.25) is 0 Å². The van der Waals surface area contributed by atoms with Crippen LogP contribution in [0.5, 0.6) is 11.5 Å². The highest BCUT2D eigenvalue weighted by Crippen LogP contribution is 2.41. The molecule has 2 unspecified atom stereocenters. The number of rotatable bonds is 2. The van der Waals surface area contributed by atoms with E-state index in [4.69, 9.17) is 15.2 Å². The molecule has 1 fully saturated rings. The van der Waals surface area contributed by atoms with Crippen molar-refractivity contribution in [3.63, 3.8) is 0 Å². The van der Waals surface area contributed by atoms with Gasteiger partial charge >= 0.3 is 0 Å². The smallest absolute Gasteiger partial charge is 0.231 e. The quantitative estimate of drug-likeness (QED) is 0.872. The number of nitrogens with two attached hydrogens (primary N) is 1. The van der Waals surface area contributed by atoms with Crippen molar-refractivity contribution >= 4 is 5.91 Å². The Kier molecular flexibility index (Phi) is 3.06. The molecule has 0 aliphatic carbocycles. The first kappa shape index (κ1) is 12.3. The lowest BCUT2D eigenvalue weighted by molar-refractivity contribution is -0.130. The SMILES string of the molecule is CC(=O)N1CCC(CN)C1c1ccc2c(c1)OCO2. The van der Waals surface area contributed by atoms with Crippen LogP contribution < -0.4 is 15.2 Å². The maximum absolute atomic E-state index is 11.8. The number of ether oxygens (including phenoxy) is 2. The molecule has 2 aliphatic rings. The lowest BCUT2D eigenvalue weighted by Gasteiger charge is -2.27. The number of nitrogens with zero attached hydrogens (tertiary/aromatic N) is 1. The molecule has 0 spiro atoms. The zero-order valence-corrected chi connectivity index (χ0v) is 11.0. The van der Waals surface area contributed by atoms with Gasteiger partial charge in [-0.3, -0.25) is 4.79 Å². The van der Waals surface area contributed by atoms with Crippen LogP contribution in [0.3, 0.4) is 0 Å². The zero-order valence-electron chi connectivity index (χ0n) is 11.0. The Labute approximate surface area is 112 Å². The topological polar surface area (TPSA) is 64.8 Å². The van der Waals surface area contributed by atoms with Crippen molar-refractivity contribution in [3.8, 4) is 11.5 Å². The highest BCUT2D eigenvalue weighted by atomic mass is 16.7. The second-order valence-electron chi connectivity index (χ2n) is 5.05. The van der Waals surface area contributed by atoms with Gasteiger partial charge in [0.1, 0.15) is 0 Å². The summed E-state index contributed by atoms with van der Waals surface area (Å²) in [6.07, 6.45) is 0.954. The van der Waals surface area contributed by atoms with Gasteiger partial charge in [0.25, 0.3) is 0 Å². The molecule has 102 valence electrons. The van der Waals surface area contributed by atoms with Gasteiger partial charge in [-0.05, 0) is 36.6 Å². The predicted molar refractivity (Wildman–Crippen MR) is 69.9 cm³/mol. The summed E-state index contributed by atoms with van der Waals surface area (Å²) < 4.78 is 10.7. The maximum atomic E-state index is 11.8. The van der Waals surface area contributed by atoms with E-state index in [1.807, 2.05) is 23.1 Å². The standard InChI is InChI=1S/C14H18N2O3/c1-9(17)16-5-4-11(7-15)14(16)10-2-3-12-13(6-10)19-8-18-12/h2-3,6,11,14H,4-5,7-8,15H2,1H3. The van der Waals surface area contributed by atoms with Crippen LogP contribution in [0.4, 0.5) is 0 Å². The van der Waals surface area contributed by atoms with E-state index >= 15 is 0 Å². The summed E-state index contributed by atoms with van der Waals surface area (Å²) in [6.45, 7) is 3.23.